The van der Waals surface area contributed by atoms with Crippen molar-refractivity contribution in [1.82, 2.24) is 19.8 Å². The van der Waals surface area contributed by atoms with Gasteiger partial charge >= 0.3 is 0 Å². The van der Waals surface area contributed by atoms with Crippen molar-refractivity contribution in [2.24, 2.45) is 0 Å². The molecule has 1 unspecified atom stereocenters. The summed E-state index contributed by atoms with van der Waals surface area (Å²) in [4.78, 5) is 31.6. The molecule has 0 saturated carbocycles. The number of aromatic nitrogens is 2. The number of carbonyl (C=O) groups excluding carboxylic acids is 1. The van der Waals surface area contributed by atoms with E-state index in [1.54, 1.807) is 12.3 Å². The van der Waals surface area contributed by atoms with E-state index >= 15 is 0 Å². The molecule has 0 bridgehead atoms. The minimum atomic E-state index is -0.0184. The fraction of sp³-hybridized carbons (Fsp3) is 0.348. The van der Waals surface area contributed by atoms with Gasteiger partial charge in [0.15, 0.2) is 5.43 Å². The van der Waals surface area contributed by atoms with Crippen LogP contribution in [-0.4, -0.2) is 39.5 Å². The summed E-state index contributed by atoms with van der Waals surface area (Å²) in [5, 5.41) is 3.84. The molecule has 6 nitrogen and oxygen atoms in total. The van der Waals surface area contributed by atoms with E-state index in [0.717, 1.165) is 43.7 Å². The van der Waals surface area contributed by atoms with Gasteiger partial charge < -0.3 is 9.88 Å². The number of aryl methyl sites for hydroxylation is 1. The molecule has 1 aliphatic heterocycles. The van der Waals surface area contributed by atoms with E-state index in [9.17, 15) is 9.59 Å². The topological polar surface area (TPSA) is 67.2 Å². The van der Waals surface area contributed by atoms with E-state index in [-0.39, 0.29) is 23.9 Å². The lowest BCUT2D eigenvalue weighted by atomic mass is 10.0. The summed E-state index contributed by atoms with van der Waals surface area (Å²) in [6, 6.07) is 13.2. The fourth-order valence-corrected chi connectivity index (χ4v) is 4.15. The highest BCUT2D eigenvalue weighted by Gasteiger charge is 2.22. The van der Waals surface area contributed by atoms with Crippen LogP contribution in [0.4, 0.5) is 0 Å². The summed E-state index contributed by atoms with van der Waals surface area (Å²) >= 11 is 0. The van der Waals surface area contributed by atoms with Gasteiger partial charge in [-0.2, -0.15) is 0 Å². The molecule has 150 valence electrons. The van der Waals surface area contributed by atoms with Crippen molar-refractivity contribution < 1.29 is 4.79 Å². The number of piperidine rings is 1. The van der Waals surface area contributed by atoms with Crippen LogP contribution in [0.15, 0.2) is 59.7 Å². The first kappa shape index (κ1) is 19.3. The van der Waals surface area contributed by atoms with Crippen LogP contribution in [0.3, 0.4) is 0 Å². The van der Waals surface area contributed by atoms with Crippen molar-refractivity contribution in [3.8, 4) is 0 Å². The lowest BCUT2D eigenvalue weighted by Crippen LogP contribution is -2.48. The molecular weight excluding hydrogens is 364 g/mol. The average molecular weight is 390 g/mol. The molecule has 6 heteroatoms. The molecule has 1 fully saturated rings. The molecule has 1 aliphatic rings. The number of benzene rings is 1. The Morgan fingerprint density at radius 1 is 1.24 bits per heavy atom. The number of pyridine rings is 2. The van der Waals surface area contributed by atoms with E-state index in [1.165, 1.54) is 5.56 Å². The summed E-state index contributed by atoms with van der Waals surface area (Å²) in [6.45, 7) is 4.81. The first-order valence-electron chi connectivity index (χ1n) is 10.1. The van der Waals surface area contributed by atoms with Gasteiger partial charge in [-0.25, -0.2) is 0 Å². The van der Waals surface area contributed by atoms with Crippen LogP contribution in [0.5, 0.6) is 0 Å². The molecule has 0 radical (unpaired) electrons. The lowest BCUT2D eigenvalue weighted by Gasteiger charge is -2.33. The molecule has 1 saturated heterocycles. The zero-order chi connectivity index (χ0) is 20.2. The second kappa shape index (κ2) is 8.57. The number of rotatable bonds is 5. The Balaban J connectivity index is 1.42. The van der Waals surface area contributed by atoms with Crippen molar-refractivity contribution >= 4 is 16.8 Å². The average Bonchev–Trinajstić information content (AvgIpc) is 2.72. The van der Waals surface area contributed by atoms with Crippen molar-refractivity contribution in [1.29, 1.82) is 0 Å². The van der Waals surface area contributed by atoms with E-state index < -0.39 is 0 Å². The number of likely N-dealkylation sites (tertiary alicyclic amines) is 1. The van der Waals surface area contributed by atoms with Gasteiger partial charge in [0.05, 0.1) is 5.52 Å². The van der Waals surface area contributed by atoms with Gasteiger partial charge in [0.25, 0.3) is 0 Å². The first-order valence-corrected chi connectivity index (χ1v) is 10.1. The summed E-state index contributed by atoms with van der Waals surface area (Å²) in [5.74, 6) is -0.0184. The quantitative estimate of drug-likeness (QED) is 0.727. The van der Waals surface area contributed by atoms with Crippen LogP contribution < -0.4 is 10.7 Å². The molecule has 1 atom stereocenters. The molecule has 1 N–H and O–H groups in total. The third-order valence-corrected chi connectivity index (χ3v) is 5.53. The molecule has 1 amide bonds. The number of para-hydroxylation sites is 1. The Bertz CT molecular complexity index is 1060. The highest BCUT2D eigenvalue weighted by Crippen LogP contribution is 2.15. The predicted octanol–water partition coefficient (Wildman–Crippen LogP) is 2.49. The Hall–Kier alpha value is -2.99. The zero-order valence-corrected chi connectivity index (χ0v) is 16.7. The van der Waals surface area contributed by atoms with Gasteiger partial charge in [-0.15, -0.1) is 0 Å². The number of carbonyl (C=O) groups is 1. The number of amides is 1. The van der Waals surface area contributed by atoms with Crippen molar-refractivity contribution in [2.75, 3.05) is 13.1 Å². The fourth-order valence-electron chi connectivity index (χ4n) is 4.15. The van der Waals surface area contributed by atoms with Crippen LogP contribution >= 0.6 is 0 Å². The molecule has 3 heterocycles. The maximum absolute atomic E-state index is 12.8. The van der Waals surface area contributed by atoms with Crippen molar-refractivity contribution in [3.63, 3.8) is 0 Å². The maximum Gasteiger partial charge on any atom is 0.240 e. The maximum atomic E-state index is 12.8. The Labute approximate surface area is 170 Å². The third-order valence-electron chi connectivity index (χ3n) is 5.53. The Kier molecular flexibility index (Phi) is 5.71. The number of hydrogen-bond acceptors (Lipinski definition) is 4. The minimum absolute atomic E-state index is 0.00641. The Morgan fingerprint density at radius 2 is 2.10 bits per heavy atom. The SMILES string of the molecule is Cc1cc(=O)c2ccccc2n1CC(=O)NC1CCCN(Cc2cccnc2)C1. The van der Waals surface area contributed by atoms with Crippen molar-refractivity contribution in [2.45, 2.75) is 38.9 Å². The normalized spacial score (nSPS) is 17.3. The minimum Gasteiger partial charge on any atom is -0.351 e. The van der Waals surface area contributed by atoms with Crippen LogP contribution in [-0.2, 0) is 17.9 Å². The van der Waals surface area contributed by atoms with E-state index in [0.29, 0.717) is 5.39 Å². The lowest BCUT2D eigenvalue weighted by molar-refractivity contribution is -0.122. The van der Waals surface area contributed by atoms with Crippen LogP contribution in [0, 0.1) is 6.92 Å². The number of nitrogens with zero attached hydrogens (tertiary/aromatic N) is 3. The molecule has 3 aromatic rings. The first-order chi connectivity index (χ1) is 14.1. The molecule has 1 aromatic carbocycles. The number of nitrogens with one attached hydrogen (secondary N) is 1. The van der Waals surface area contributed by atoms with Gasteiger partial charge in [-0.05, 0) is 50.1 Å². The van der Waals surface area contributed by atoms with Gasteiger partial charge in [-0.3, -0.25) is 19.5 Å². The molecule has 0 aliphatic carbocycles. The number of fused-ring (bicyclic) bond motifs is 1. The highest BCUT2D eigenvalue weighted by molar-refractivity contribution is 5.82. The molecular formula is C23H26N4O2. The summed E-state index contributed by atoms with van der Waals surface area (Å²) < 4.78 is 1.92. The van der Waals surface area contributed by atoms with Crippen LogP contribution in [0.25, 0.3) is 10.9 Å². The van der Waals surface area contributed by atoms with Crippen LogP contribution in [0.2, 0.25) is 0 Å². The van der Waals surface area contributed by atoms with Crippen LogP contribution in [0.1, 0.15) is 24.1 Å². The Morgan fingerprint density at radius 3 is 2.93 bits per heavy atom. The smallest absolute Gasteiger partial charge is 0.240 e. The van der Waals surface area contributed by atoms with E-state index in [1.807, 2.05) is 48.0 Å². The van der Waals surface area contributed by atoms with E-state index in [4.69, 9.17) is 0 Å². The van der Waals surface area contributed by atoms with Gasteiger partial charge in [0, 0.05) is 48.7 Å². The number of hydrogen-bond donors (Lipinski definition) is 1. The largest absolute Gasteiger partial charge is 0.351 e. The molecule has 4 rings (SSSR count). The van der Waals surface area contributed by atoms with Crippen molar-refractivity contribution in [3.05, 3.63) is 76.3 Å². The standard InChI is InChI=1S/C23H26N4O2/c1-17-12-22(28)20-8-2-3-9-21(20)27(17)16-23(29)25-19-7-5-11-26(15-19)14-18-6-4-10-24-13-18/h2-4,6,8-10,12-13,19H,5,7,11,14-16H2,1H3,(H,25,29). The molecule has 0 spiro atoms. The second-order valence-electron chi connectivity index (χ2n) is 7.76. The zero-order valence-electron chi connectivity index (χ0n) is 16.7. The monoisotopic (exact) mass is 390 g/mol. The summed E-state index contributed by atoms with van der Waals surface area (Å²) in [7, 11) is 0. The van der Waals surface area contributed by atoms with Gasteiger partial charge in [0.1, 0.15) is 6.54 Å². The van der Waals surface area contributed by atoms with Gasteiger partial charge in [-0.1, -0.05) is 18.2 Å². The van der Waals surface area contributed by atoms with Gasteiger partial charge in [0.2, 0.25) is 5.91 Å². The summed E-state index contributed by atoms with van der Waals surface area (Å²) in [5.41, 5.74) is 2.78. The molecule has 2 aromatic heterocycles. The highest BCUT2D eigenvalue weighted by atomic mass is 16.2. The van der Waals surface area contributed by atoms with E-state index in [2.05, 4.69) is 21.3 Å². The molecule has 29 heavy (non-hydrogen) atoms. The third kappa shape index (κ3) is 4.54. The predicted molar refractivity (Wildman–Crippen MR) is 114 cm³/mol. The second-order valence-corrected chi connectivity index (χ2v) is 7.76. The summed E-state index contributed by atoms with van der Waals surface area (Å²) in [6.07, 6.45) is 5.72.